The van der Waals surface area contributed by atoms with E-state index in [4.69, 9.17) is 0 Å². The molecule has 0 amide bonds. The van der Waals surface area contributed by atoms with Crippen molar-refractivity contribution in [2.45, 2.75) is 24.9 Å². The molecular weight excluding hydrogens is 208 g/mol. The summed E-state index contributed by atoms with van der Waals surface area (Å²) in [6.45, 7) is 2.11. The Morgan fingerprint density at radius 3 is 2.35 bits per heavy atom. The van der Waals surface area contributed by atoms with Gasteiger partial charge in [-0.25, -0.2) is 0 Å². The van der Waals surface area contributed by atoms with E-state index < -0.39 is 5.60 Å². The molecule has 0 saturated carbocycles. The fourth-order valence-corrected chi connectivity index (χ4v) is 2.90. The van der Waals surface area contributed by atoms with E-state index in [-0.39, 0.29) is 5.92 Å². The van der Waals surface area contributed by atoms with Gasteiger partial charge in [0.2, 0.25) is 0 Å². The van der Waals surface area contributed by atoms with E-state index in [2.05, 4.69) is 19.1 Å². The van der Waals surface area contributed by atoms with Gasteiger partial charge in [0.05, 0.1) is 0 Å². The predicted molar refractivity (Wildman–Crippen MR) is 68.9 cm³/mol. The molecule has 0 spiro atoms. The van der Waals surface area contributed by atoms with Crippen molar-refractivity contribution in [3.63, 3.8) is 0 Å². The highest BCUT2D eigenvalue weighted by Gasteiger charge is 2.42. The van der Waals surface area contributed by atoms with Crippen LogP contribution < -0.4 is 0 Å². The summed E-state index contributed by atoms with van der Waals surface area (Å²) in [6.07, 6.45) is 0.717. The van der Waals surface area contributed by atoms with Crippen molar-refractivity contribution in [1.29, 1.82) is 0 Å². The molecule has 86 valence electrons. The minimum atomic E-state index is -0.745. The number of aliphatic hydroxyl groups is 1. The molecule has 2 atom stereocenters. The molecule has 3 rings (SSSR count). The molecule has 0 heterocycles. The smallest absolute Gasteiger partial charge is 0.100 e. The maximum atomic E-state index is 11.0. The highest BCUT2D eigenvalue weighted by atomic mass is 16.3. The average Bonchev–Trinajstić information content (AvgIpc) is 2.65. The van der Waals surface area contributed by atoms with Crippen LogP contribution >= 0.6 is 0 Å². The molecule has 1 heteroatoms. The van der Waals surface area contributed by atoms with Crippen molar-refractivity contribution in [1.82, 2.24) is 0 Å². The van der Waals surface area contributed by atoms with Crippen LogP contribution in [-0.2, 0) is 12.0 Å². The van der Waals surface area contributed by atoms with Crippen LogP contribution in [0.1, 0.15) is 29.5 Å². The summed E-state index contributed by atoms with van der Waals surface area (Å²) in [5, 5.41) is 11.0. The minimum absolute atomic E-state index is 0.154. The van der Waals surface area contributed by atoms with Gasteiger partial charge in [0.25, 0.3) is 0 Å². The summed E-state index contributed by atoms with van der Waals surface area (Å²) in [4.78, 5) is 0. The third kappa shape index (κ3) is 1.50. The topological polar surface area (TPSA) is 20.2 Å². The average molecular weight is 224 g/mol. The fraction of sp³-hybridized carbons (Fsp3) is 0.250. The van der Waals surface area contributed by atoms with Crippen molar-refractivity contribution in [2.24, 2.45) is 0 Å². The van der Waals surface area contributed by atoms with Gasteiger partial charge in [0.1, 0.15) is 5.60 Å². The predicted octanol–water partition coefficient (Wildman–Crippen LogP) is 3.23. The molecule has 1 aliphatic rings. The third-order valence-corrected chi connectivity index (χ3v) is 3.97. The van der Waals surface area contributed by atoms with Gasteiger partial charge in [-0.05, 0) is 16.7 Å². The Kier molecular flexibility index (Phi) is 2.30. The number of fused-ring (bicyclic) bond motifs is 1. The molecule has 0 aliphatic heterocycles. The molecule has 0 radical (unpaired) electrons. The SMILES string of the molecule is C[C@H]1c2ccccc2C[C@]1(O)c1ccccc1. The van der Waals surface area contributed by atoms with Gasteiger partial charge in [-0.2, -0.15) is 0 Å². The zero-order chi connectivity index (χ0) is 11.9. The van der Waals surface area contributed by atoms with Gasteiger partial charge in [-0.15, -0.1) is 0 Å². The number of rotatable bonds is 1. The molecule has 2 aromatic carbocycles. The molecule has 1 N–H and O–H groups in total. The van der Waals surface area contributed by atoms with E-state index in [9.17, 15) is 5.11 Å². The first-order chi connectivity index (χ1) is 8.22. The largest absolute Gasteiger partial charge is 0.384 e. The lowest BCUT2D eigenvalue weighted by molar-refractivity contribution is 0.0250. The van der Waals surface area contributed by atoms with Crippen molar-refractivity contribution in [2.75, 3.05) is 0 Å². The van der Waals surface area contributed by atoms with E-state index in [1.807, 2.05) is 42.5 Å². The maximum Gasteiger partial charge on any atom is 0.100 e. The molecule has 0 aromatic heterocycles. The Bertz CT molecular complexity index is 532. The summed E-state index contributed by atoms with van der Waals surface area (Å²) >= 11 is 0. The van der Waals surface area contributed by atoms with E-state index in [0.717, 1.165) is 5.56 Å². The first kappa shape index (κ1) is 10.5. The van der Waals surface area contributed by atoms with Gasteiger partial charge in [-0.3, -0.25) is 0 Å². The number of hydrogen-bond donors (Lipinski definition) is 1. The summed E-state index contributed by atoms with van der Waals surface area (Å²) in [5.74, 6) is 0.154. The minimum Gasteiger partial charge on any atom is -0.384 e. The van der Waals surface area contributed by atoms with Gasteiger partial charge < -0.3 is 5.11 Å². The Balaban J connectivity index is 2.09. The van der Waals surface area contributed by atoms with E-state index in [1.165, 1.54) is 11.1 Å². The molecule has 0 fully saturated rings. The Labute approximate surface area is 102 Å². The first-order valence-electron chi connectivity index (χ1n) is 6.07. The molecule has 1 nitrogen and oxygen atoms in total. The van der Waals surface area contributed by atoms with E-state index in [0.29, 0.717) is 6.42 Å². The van der Waals surface area contributed by atoms with Crippen LogP contribution in [0.2, 0.25) is 0 Å². The van der Waals surface area contributed by atoms with Crippen molar-refractivity contribution < 1.29 is 5.11 Å². The van der Waals surface area contributed by atoms with Gasteiger partial charge in [-0.1, -0.05) is 61.5 Å². The Morgan fingerprint density at radius 2 is 1.65 bits per heavy atom. The highest BCUT2D eigenvalue weighted by Crippen LogP contribution is 2.46. The monoisotopic (exact) mass is 224 g/mol. The summed E-state index contributed by atoms with van der Waals surface area (Å²) in [7, 11) is 0. The van der Waals surface area contributed by atoms with Crippen LogP contribution in [0.3, 0.4) is 0 Å². The second-order valence-electron chi connectivity index (χ2n) is 4.89. The summed E-state index contributed by atoms with van der Waals surface area (Å²) < 4.78 is 0. The number of benzene rings is 2. The summed E-state index contributed by atoms with van der Waals surface area (Å²) in [6, 6.07) is 18.3. The quantitative estimate of drug-likeness (QED) is 0.788. The molecule has 1 aliphatic carbocycles. The molecule has 0 bridgehead atoms. The standard InChI is InChI=1S/C16H16O/c1-12-15-10-6-5-7-13(15)11-16(12,17)14-8-3-2-4-9-14/h2-10,12,17H,11H2,1H3/t12-,16+/m0/s1. The van der Waals surface area contributed by atoms with Crippen molar-refractivity contribution in [3.05, 3.63) is 71.3 Å². The van der Waals surface area contributed by atoms with Crippen LogP contribution in [0.25, 0.3) is 0 Å². The van der Waals surface area contributed by atoms with Gasteiger partial charge >= 0.3 is 0 Å². The lowest BCUT2D eigenvalue weighted by Gasteiger charge is -2.28. The van der Waals surface area contributed by atoms with E-state index in [1.54, 1.807) is 0 Å². The second-order valence-corrected chi connectivity index (χ2v) is 4.89. The molecule has 0 unspecified atom stereocenters. The van der Waals surface area contributed by atoms with Gasteiger partial charge in [0, 0.05) is 12.3 Å². The van der Waals surface area contributed by atoms with Crippen LogP contribution in [0.4, 0.5) is 0 Å². The first-order valence-corrected chi connectivity index (χ1v) is 6.07. The molecule has 17 heavy (non-hydrogen) atoms. The lowest BCUT2D eigenvalue weighted by atomic mass is 9.83. The Morgan fingerprint density at radius 1 is 1.00 bits per heavy atom. The van der Waals surface area contributed by atoms with Crippen molar-refractivity contribution >= 4 is 0 Å². The normalized spacial score (nSPS) is 26.8. The zero-order valence-electron chi connectivity index (χ0n) is 9.93. The lowest BCUT2D eigenvalue weighted by Crippen LogP contribution is -2.29. The molecular formula is C16H16O. The Hall–Kier alpha value is -1.60. The summed E-state index contributed by atoms with van der Waals surface area (Å²) in [5.41, 5.74) is 2.82. The highest BCUT2D eigenvalue weighted by molar-refractivity contribution is 5.43. The van der Waals surface area contributed by atoms with Crippen LogP contribution in [0, 0.1) is 0 Å². The second kappa shape index (κ2) is 3.71. The number of hydrogen-bond acceptors (Lipinski definition) is 1. The zero-order valence-corrected chi connectivity index (χ0v) is 9.93. The van der Waals surface area contributed by atoms with Crippen molar-refractivity contribution in [3.8, 4) is 0 Å². The molecule has 2 aromatic rings. The maximum absolute atomic E-state index is 11.0. The third-order valence-electron chi connectivity index (χ3n) is 3.97. The van der Waals surface area contributed by atoms with E-state index >= 15 is 0 Å². The molecule has 0 saturated heterocycles. The van der Waals surface area contributed by atoms with Crippen LogP contribution in [-0.4, -0.2) is 5.11 Å². The van der Waals surface area contributed by atoms with Gasteiger partial charge in [0.15, 0.2) is 0 Å². The fourth-order valence-electron chi connectivity index (χ4n) is 2.90. The van der Waals surface area contributed by atoms with Crippen LogP contribution in [0.15, 0.2) is 54.6 Å². The van der Waals surface area contributed by atoms with Crippen LogP contribution in [0.5, 0.6) is 0 Å².